The predicted octanol–water partition coefficient (Wildman–Crippen LogP) is 4.01. The van der Waals surface area contributed by atoms with Crippen LogP contribution < -0.4 is 0 Å². The molecule has 120 valence electrons. The Labute approximate surface area is 123 Å². The van der Waals surface area contributed by atoms with Crippen LogP contribution in [0.2, 0.25) is 0 Å². The van der Waals surface area contributed by atoms with Crippen LogP contribution in [0.25, 0.3) is 0 Å². The summed E-state index contributed by atoms with van der Waals surface area (Å²) in [5, 5.41) is 0. The van der Waals surface area contributed by atoms with Gasteiger partial charge in [0.15, 0.2) is 0 Å². The van der Waals surface area contributed by atoms with Gasteiger partial charge in [0.25, 0.3) is 5.97 Å². The molecule has 0 saturated carbocycles. The average molecular weight is 306 g/mol. The lowest BCUT2D eigenvalue weighted by Gasteiger charge is -2.32. The molecule has 21 heavy (non-hydrogen) atoms. The van der Waals surface area contributed by atoms with Gasteiger partial charge >= 0.3 is 6.18 Å². The van der Waals surface area contributed by atoms with Crippen LogP contribution in [0.1, 0.15) is 31.9 Å². The van der Waals surface area contributed by atoms with Crippen LogP contribution in [0.5, 0.6) is 0 Å². The molecular formula is C15H21F3O3. The molecule has 1 rings (SSSR count). The van der Waals surface area contributed by atoms with Crippen molar-refractivity contribution in [1.82, 2.24) is 0 Å². The first-order valence-corrected chi connectivity index (χ1v) is 6.95. The van der Waals surface area contributed by atoms with Crippen molar-refractivity contribution in [1.29, 1.82) is 0 Å². The lowest BCUT2D eigenvalue weighted by molar-refractivity contribution is -0.376. The van der Waals surface area contributed by atoms with Crippen LogP contribution in [-0.2, 0) is 26.8 Å². The average Bonchev–Trinajstić information content (AvgIpc) is 2.39. The SMILES string of the molecule is CCOC(Cc1cccc(C(F)(F)F)c1)(OCC)OCC. The Morgan fingerprint density at radius 1 is 0.905 bits per heavy atom. The molecule has 3 nitrogen and oxygen atoms in total. The van der Waals surface area contributed by atoms with E-state index in [2.05, 4.69) is 0 Å². The molecule has 0 heterocycles. The van der Waals surface area contributed by atoms with Crippen molar-refractivity contribution in [2.45, 2.75) is 39.3 Å². The summed E-state index contributed by atoms with van der Waals surface area (Å²) in [7, 11) is 0. The van der Waals surface area contributed by atoms with Crippen molar-refractivity contribution < 1.29 is 27.4 Å². The second-order valence-corrected chi connectivity index (χ2v) is 4.36. The summed E-state index contributed by atoms with van der Waals surface area (Å²) >= 11 is 0. The van der Waals surface area contributed by atoms with Crippen LogP contribution in [0, 0.1) is 0 Å². The molecule has 0 unspecified atom stereocenters. The molecule has 0 spiro atoms. The minimum absolute atomic E-state index is 0.0897. The Morgan fingerprint density at radius 3 is 1.86 bits per heavy atom. The molecule has 0 amide bonds. The van der Waals surface area contributed by atoms with E-state index in [1.807, 2.05) is 0 Å². The first-order chi connectivity index (χ1) is 9.87. The summed E-state index contributed by atoms with van der Waals surface area (Å²) in [5.41, 5.74) is -0.251. The number of halogens is 3. The van der Waals surface area contributed by atoms with Crippen LogP contribution >= 0.6 is 0 Å². The molecule has 0 aliphatic carbocycles. The summed E-state index contributed by atoms with van der Waals surface area (Å²) in [6.45, 7) is 6.33. The third kappa shape index (κ3) is 5.30. The van der Waals surface area contributed by atoms with Gasteiger partial charge in [0.05, 0.1) is 12.0 Å². The molecule has 0 aliphatic rings. The number of alkyl halides is 3. The van der Waals surface area contributed by atoms with Gasteiger partial charge < -0.3 is 14.2 Å². The summed E-state index contributed by atoms with van der Waals surface area (Å²) in [6, 6.07) is 5.09. The molecule has 0 N–H and O–H groups in total. The van der Waals surface area contributed by atoms with Gasteiger partial charge in [-0.15, -0.1) is 0 Å². The van der Waals surface area contributed by atoms with Gasteiger partial charge in [0.1, 0.15) is 0 Å². The molecule has 0 bridgehead atoms. The van der Waals surface area contributed by atoms with Gasteiger partial charge in [-0.05, 0) is 32.4 Å². The van der Waals surface area contributed by atoms with E-state index in [0.29, 0.717) is 25.4 Å². The van der Waals surface area contributed by atoms with Gasteiger partial charge in [-0.3, -0.25) is 0 Å². The van der Waals surface area contributed by atoms with Crippen molar-refractivity contribution in [2.24, 2.45) is 0 Å². The first-order valence-electron chi connectivity index (χ1n) is 6.95. The van der Waals surface area contributed by atoms with E-state index in [1.165, 1.54) is 6.07 Å². The van der Waals surface area contributed by atoms with Gasteiger partial charge in [0, 0.05) is 19.8 Å². The Kier molecular flexibility index (Phi) is 6.64. The van der Waals surface area contributed by atoms with Gasteiger partial charge in [0.2, 0.25) is 0 Å². The van der Waals surface area contributed by atoms with E-state index in [-0.39, 0.29) is 6.42 Å². The van der Waals surface area contributed by atoms with Crippen molar-refractivity contribution >= 4 is 0 Å². The molecule has 0 fully saturated rings. The van der Waals surface area contributed by atoms with E-state index in [0.717, 1.165) is 12.1 Å². The highest BCUT2D eigenvalue weighted by molar-refractivity contribution is 5.26. The molecule has 6 heteroatoms. The molecular weight excluding hydrogens is 285 g/mol. The molecule has 0 aromatic heterocycles. The van der Waals surface area contributed by atoms with E-state index < -0.39 is 17.7 Å². The number of hydrogen-bond donors (Lipinski definition) is 0. The first kappa shape index (κ1) is 17.9. The van der Waals surface area contributed by atoms with E-state index >= 15 is 0 Å². The zero-order chi connectivity index (χ0) is 15.9. The van der Waals surface area contributed by atoms with Gasteiger partial charge in [-0.25, -0.2) is 0 Å². The second kappa shape index (κ2) is 7.77. The standard InChI is InChI=1S/C15H21F3O3/c1-4-19-14(20-5-2,21-6-3)11-12-8-7-9-13(10-12)15(16,17)18/h7-10H,4-6,11H2,1-3H3. The molecule has 0 atom stereocenters. The normalized spacial score (nSPS) is 12.7. The molecule has 0 saturated heterocycles. The van der Waals surface area contributed by atoms with Crippen molar-refractivity contribution in [2.75, 3.05) is 19.8 Å². The van der Waals surface area contributed by atoms with Crippen LogP contribution in [0.3, 0.4) is 0 Å². The highest BCUT2D eigenvalue weighted by atomic mass is 19.4. The Balaban J connectivity index is 3.02. The van der Waals surface area contributed by atoms with Crippen LogP contribution in [0.15, 0.2) is 24.3 Å². The van der Waals surface area contributed by atoms with Crippen LogP contribution in [-0.4, -0.2) is 25.8 Å². The third-order valence-corrected chi connectivity index (χ3v) is 2.77. The van der Waals surface area contributed by atoms with E-state index in [1.54, 1.807) is 26.8 Å². The quantitative estimate of drug-likeness (QED) is 0.679. The van der Waals surface area contributed by atoms with Crippen LogP contribution in [0.4, 0.5) is 13.2 Å². The minimum Gasteiger partial charge on any atom is -0.327 e. The van der Waals surface area contributed by atoms with E-state index in [9.17, 15) is 13.2 Å². The summed E-state index contributed by atoms with van der Waals surface area (Å²) < 4.78 is 54.8. The van der Waals surface area contributed by atoms with Gasteiger partial charge in [-0.2, -0.15) is 13.2 Å². The third-order valence-electron chi connectivity index (χ3n) is 2.77. The maximum atomic E-state index is 12.8. The van der Waals surface area contributed by atoms with Gasteiger partial charge in [-0.1, -0.05) is 18.2 Å². The molecule has 1 aromatic carbocycles. The van der Waals surface area contributed by atoms with Crippen molar-refractivity contribution in [3.63, 3.8) is 0 Å². The highest BCUT2D eigenvalue weighted by Gasteiger charge is 2.35. The smallest absolute Gasteiger partial charge is 0.327 e. The zero-order valence-corrected chi connectivity index (χ0v) is 12.5. The Morgan fingerprint density at radius 2 is 1.43 bits per heavy atom. The fourth-order valence-electron chi connectivity index (χ4n) is 2.05. The number of hydrogen-bond acceptors (Lipinski definition) is 3. The minimum atomic E-state index is -4.37. The summed E-state index contributed by atoms with van der Waals surface area (Å²) in [6.07, 6.45) is -4.28. The summed E-state index contributed by atoms with van der Waals surface area (Å²) in [5.74, 6) is -1.34. The van der Waals surface area contributed by atoms with Crippen molar-refractivity contribution in [3.8, 4) is 0 Å². The fourth-order valence-corrected chi connectivity index (χ4v) is 2.05. The fraction of sp³-hybridized carbons (Fsp3) is 0.600. The second-order valence-electron chi connectivity index (χ2n) is 4.36. The largest absolute Gasteiger partial charge is 0.416 e. The molecule has 1 aromatic rings. The van der Waals surface area contributed by atoms with E-state index in [4.69, 9.17) is 14.2 Å². The maximum absolute atomic E-state index is 12.8. The summed E-state index contributed by atoms with van der Waals surface area (Å²) in [4.78, 5) is 0. The number of rotatable bonds is 8. The zero-order valence-electron chi connectivity index (χ0n) is 12.5. The lowest BCUT2D eigenvalue weighted by atomic mass is 10.1. The lowest BCUT2D eigenvalue weighted by Crippen LogP contribution is -2.41. The molecule has 0 aliphatic heterocycles. The number of ether oxygens (including phenoxy) is 3. The maximum Gasteiger partial charge on any atom is 0.416 e. The highest BCUT2D eigenvalue weighted by Crippen LogP contribution is 2.31. The molecule has 0 radical (unpaired) electrons. The predicted molar refractivity (Wildman–Crippen MR) is 72.8 cm³/mol. The van der Waals surface area contributed by atoms with Crippen molar-refractivity contribution in [3.05, 3.63) is 35.4 Å². The Hall–Kier alpha value is -1.11. The monoisotopic (exact) mass is 306 g/mol. The Bertz CT molecular complexity index is 415. The topological polar surface area (TPSA) is 27.7 Å². The number of benzene rings is 1.